The molecule has 0 saturated heterocycles. The Labute approximate surface area is 88.2 Å². The topological polar surface area (TPSA) is 35.2 Å². The number of rotatable bonds is 5. The molecule has 0 spiro atoms. The Morgan fingerprint density at radius 2 is 2.07 bits per heavy atom. The van der Waals surface area contributed by atoms with Gasteiger partial charge in [0.05, 0.1) is 6.10 Å². The van der Waals surface area contributed by atoms with E-state index in [9.17, 15) is 0 Å². The largest absolute Gasteiger partial charge is 0.376 e. The molecule has 2 N–H and O–H groups in total. The summed E-state index contributed by atoms with van der Waals surface area (Å²) in [6.45, 7) is 5.38. The van der Waals surface area contributed by atoms with Gasteiger partial charge in [-0.2, -0.15) is 0 Å². The highest BCUT2D eigenvalue weighted by Gasteiger charge is 2.22. The van der Waals surface area contributed by atoms with E-state index in [0.29, 0.717) is 12.0 Å². The molecule has 0 heterocycles. The highest BCUT2D eigenvalue weighted by Crippen LogP contribution is 2.20. The van der Waals surface area contributed by atoms with Crippen LogP contribution in [0.4, 0.5) is 0 Å². The smallest absolute Gasteiger partial charge is 0.0726 e. The minimum absolute atomic E-state index is 0.289. The van der Waals surface area contributed by atoms with Crippen molar-refractivity contribution in [3.05, 3.63) is 0 Å². The molecule has 1 rings (SSSR count). The maximum atomic E-state index is 6.01. The second-order valence-corrected chi connectivity index (χ2v) is 4.71. The van der Waals surface area contributed by atoms with Crippen LogP contribution in [0.1, 0.15) is 52.4 Å². The van der Waals surface area contributed by atoms with Gasteiger partial charge in [0, 0.05) is 12.6 Å². The Morgan fingerprint density at radius 1 is 1.36 bits per heavy atom. The first kappa shape index (κ1) is 12.0. The molecule has 0 aromatic carbocycles. The quantitative estimate of drug-likeness (QED) is 0.739. The van der Waals surface area contributed by atoms with E-state index in [1.165, 1.54) is 32.1 Å². The average Bonchev–Trinajstić information content (AvgIpc) is 2.17. The Balaban J connectivity index is 2.15. The third-order valence-electron chi connectivity index (χ3n) is 3.13. The van der Waals surface area contributed by atoms with Gasteiger partial charge in [-0.15, -0.1) is 0 Å². The minimum atomic E-state index is 0.289. The SMILES string of the molecule is CCCC(C)COC1CCCCC1N. The maximum Gasteiger partial charge on any atom is 0.0726 e. The maximum absolute atomic E-state index is 6.01. The lowest BCUT2D eigenvalue weighted by Gasteiger charge is -2.29. The van der Waals surface area contributed by atoms with Crippen molar-refractivity contribution in [3.63, 3.8) is 0 Å². The molecule has 1 saturated carbocycles. The molecule has 3 atom stereocenters. The number of hydrogen-bond acceptors (Lipinski definition) is 2. The van der Waals surface area contributed by atoms with Crippen LogP contribution in [0, 0.1) is 5.92 Å². The second kappa shape index (κ2) is 6.41. The molecule has 1 aliphatic carbocycles. The molecule has 0 aliphatic heterocycles. The molecule has 0 aromatic rings. The fourth-order valence-electron chi connectivity index (χ4n) is 2.20. The molecular weight excluding hydrogens is 174 g/mol. The van der Waals surface area contributed by atoms with Crippen LogP contribution in [0.15, 0.2) is 0 Å². The lowest BCUT2D eigenvalue weighted by atomic mass is 9.93. The van der Waals surface area contributed by atoms with E-state index in [1.54, 1.807) is 0 Å². The van der Waals surface area contributed by atoms with Crippen LogP contribution in [0.2, 0.25) is 0 Å². The molecule has 2 nitrogen and oxygen atoms in total. The number of ether oxygens (including phenoxy) is 1. The van der Waals surface area contributed by atoms with E-state index in [1.807, 2.05) is 0 Å². The lowest BCUT2D eigenvalue weighted by molar-refractivity contribution is -0.00232. The minimum Gasteiger partial charge on any atom is -0.376 e. The van der Waals surface area contributed by atoms with Gasteiger partial charge in [-0.1, -0.05) is 33.1 Å². The summed E-state index contributed by atoms with van der Waals surface area (Å²) in [6, 6.07) is 0.289. The highest BCUT2D eigenvalue weighted by atomic mass is 16.5. The molecule has 0 bridgehead atoms. The van der Waals surface area contributed by atoms with Crippen molar-refractivity contribution in [2.75, 3.05) is 6.61 Å². The van der Waals surface area contributed by atoms with Crippen LogP contribution < -0.4 is 5.73 Å². The van der Waals surface area contributed by atoms with E-state index in [-0.39, 0.29) is 6.04 Å². The van der Waals surface area contributed by atoms with Crippen molar-refractivity contribution in [1.82, 2.24) is 0 Å². The van der Waals surface area contributed by atoms with E-state index < -0.39 is 0 Å². The zero-order valence-corrected chi connectivity index (χ0v) is 9.67. The zero-order chi connectivity index (χ0) is 10.4. The normalized spacial score (nSPS) is 30.2. The van der Waals surface area contributed by atoms with Gasteiger partial charge in [-0.25, -0.2) is 0 Å². The summed E-state index contributed by atoms with van der Waals surface area (Å²) in [5.41, 5.74) is 6.01. The van der Waals surface area contributed by atoms with Crippen molar-refractivity contribution in [3.8, 4) is 0 Å². The van der Waals surface area contributed by atoms with Gasteiger partial charge >= 0.3 is 0 Å². The first-order chi connectivity index (χ1) is 6.74. The van der Waals surface area contributed by atoms with Gasteiger partial charge in [-0.05, 0) is 25.2 Å². The van der Waals surface area contributed by atoms with Gasteiger partial charge in [0.1, 0.15) is 0 Å². The zero-order valence-electron chi connectivity index (χ0n) is 9.67. The molecule has 3 unspecified atom stereocenters. The average molecular weight is 199 g/mol. The summed E-state index contributed by atoms with van der Waals surface area (Å²) in [4.78, 5) is 0. The van der Waals surface area contributed by atoms with Crippen molar-refractivity contribution in [2.45, 2.75) is 64.5 Å². The highest BCUT2D eigenvalue weighted by molar-refractivity contribution is 4.78. The number of nitrogens with two attached hydrogens (primary N) is 1. The molecule has 0 radical (unpaired) electrons. The summed E-state index contributed by atoms with van der Waals surface area (Å²) >= 11 is 0. The molecule has 0 aromatic heterocycles. The van der Waals surface area contributed by atoms with Gasteiger partial charge < -0.3 is 10.5 Å². The van der Waals surface area contributed by atoms with E-state index >= 15 is 0 Å². The Bertz CT molecular complexity index is 149. The van der Waals surface area contributed by atoms with Gasteiger partial charge in [0.2, 0.25) is 0 Å². The molecule has 84 valence electrons. The summed E-state index contributed by atoms with van der Waals surface area (Å²) in [6.07, 6.45) is 7.74. The number of hydrogen-bond donors (Lipinski definition) is 1. The molecule has 1 fully saturated rings. The fourth-order valence-corrected chi connectivity index (χ4v) is 2.20. The predicted octanol–water partition coefficient (Wildman–Crippen LogP) is 2.71. The van der Waals surface area contributed by atoms with Crippen molar-refractivity contribution in [1.29, 1.82) is 0 Å². The van der Waals surface area contributed by atoms with Crippen molar-refractivity contribution in [2.24, 2.45) is 11.7 Å². The monoisotopic (exact) mass is 199 g/mol. The Morgan fingerprint density at radius 3 is 2.71 bits per heavy atom. The fraction of sp³-hybridized carbons (Fsp3) is 1.00. The third kappa shape index (κ3) is 3.97. The van der Waals surface area contributed by atoms with Gasteiger partial charge in [-0.3, -0.25) is 0 Å². The van der Waals surface area contributed by atoms with Crippen LogP contribution in [-0.2, 0) is 4.74 Å². The molecule has 2 heteroatoms. The Kier molecular flexibility index (Phi) is 5.49. The van der Waals surface area contributed by atoms with E-state index in [0.717, 1.165) is 13.0 Å². The summed E-state index contributed by atoms with van der Waals surface area (Å²) in [7, 11) is 0. The molecule has 14 heavy (non-hydrogen) atoms. The lowest BCUT2D eigenvalue weighted by Crippen LogP contribution is -2.40. The van der Waals surface area contributed by atoms with Crippen LogP contribution in [0.3, 0.4) is 0 Å². The van der Waals surface area contributed by atoms with E-state index in [4.69, 9.17) is 10.5 Å². The van der Waals surface area contributed by atoms with Crippen LogP contribution in [0.25, 0.3) is 0 Å². The summed E-state index contributed by atoms with van der Waals surface area (Å²) in [5.74, 6) is 0.689. The van der Waals surface area contributed by atoms with Crippen LogP contribution in [-0.4, -0.2) is 18.8 Å². The summed E-state index contributed by atoms with van der Waals surface area (Å²) in [5, 5.41) is 0. The van der Waals surface area contributed by atoms with Gasteiger partial charge in [0.15, 0.2) is 0 Å². The second-order valence-electron chi connectivity index (χ2n) is 4.71. The van der Waals surface area contributed by atoms with Crippen LogP contribution >= 0.6 is 0 Å². The van der Waals surface area contributed by atoms with Crippen LogP contribution in [0.5, 0.6) is 0 Å². The van der Waals surface area contributed by atoms with E-state index in [2.05, 4.69) is 13.8 Å². The van der Waals surface area contributed by atoms with Crippen molar-refractivity contribution >= 4 is 0 Å². The summed E-state index contributed by atoms with van der Waals surface area (Å²) < 4.78 is 5.88. The molecular formula is C12H25NO. The molecule has 1 aliphatic rings. The van der Waals surface area contributed by atoms with Crippen molar-refractivity contribution < 1.29 is 4.74 Å². The first-order valence-corrected chi connectivity index (χ1v) is 6.11. The molecule has 0 amide bonds. The standard InChI is InChI=1S/C12H25NO/c1-3-6-10(2)9-14-12-8-5-4-7-11(12)13/h10-12H,3-9,13H2,1-2H3. The predicted molar refractivity (Wildman–Crippen MR) is 60.3 cm³/mol. The third-order valence-corrected chi connectivity index (χ3v) is 3.13. The first-order valence-electron chi connectivity index (χ1n) is 6.11. The Hall–Kier alpha value is -0.0800. The van der Waals surface area contributed by atoms with Gasteiger partial charge in [0.25, 0.3) is 0 Å².